The molecule has 2 aromatic carbocycles. The summed E-state index contributed by atoms with van der Waals surface area (Å²) >= 11 is 1.31. The molecule has 0 aliphatic rings. The number of ether oxygens (including phenoxy) is 2. The second-order valence-corrected chi connectivity index (χ2v) is 7.79. The smallest absolute Gasteiger partial charge is 0.293 e. The minimum atomic E-state index is -0.382. The summed E-state index contributed by atoms with van der Waals surface area (Å²) in [7, 11) is 0. The molecule has 0 aliphatic carbocycles. The first-order chi connectivity index (χ1) is 15.7. The number of para-hydroxylation sites is 2. The van der Waals surface area contributed by atoms with Gasteiger partial charge in [0, 0.05) is 16.2 Å². The lowest BCUT2D eigenvalue weighted by molar-refractivity contribution is 0.0998. The van der Waals surface area contributed by atoms with Crippen LogP contribution in [0.25, 0.3) is 33.4 Å². The molecule has 0 fully saturated rings. The number of carbonyl (C=O) groups excluding carboxylic acids is 1. The summed E-state index contributed by atoms with van der Waals surface area (Å²) in [5.74, 6) is 1.71. The number of anilines is 1. The van der Waals surface area contributed by atoms with Gasteiger partial charge in [-0.2, -0.15) is 0 Å². The van der Waals surface area contributed by atoms with E-state index in [-0.39, 0.29) is 11.7 Å². The van der Waals surface area contributed by atoms with Crippen LogP contribution < -0.4 is 14.8 Å². The number of nitrogens with one attached hydrogen (secondary N) is 1. The number of hydrogen-bond acceptors (Lipinski definition) is 7. The molecule has 1 N–H and O–H groups in total. The Bertz CT molecular complexity index is 1410. The van der Waals surface area contributed by atoms with E-state index in [1.165, 1.54) is 11.3 Å². The zero-order valence-electron chi connectivity index (χ0n) is 17.5. The van der Waals surface area contributed by atoms with Crippen LogP contribution in [0.5, 0.6) is 11.5 Å². The largest absolute Gasteiger partial charge is 0.490 e. The molecule has 0 aliphatic heterocycles. The number of furan rings is 2. The Labute approximate surface area is 187 Å². The van der Waals surface area contributed by atoms with Gasteiger partial charge in [-0.3, -0.25) is 10.1 Å². The zero-order chi connectivity index (χ0) is 22.1. The number of nitrogens with zero attached hydrogens (tertiary/aromatic N) is 1. The van der Waals surface area contributed by atoms with E-state index in [0.717, 1.165) is 10.8 Å². The molecule has 5 rings (SSSR count). The first kappa shape index (κ1) is 20.1. The average Bonchev–Trinajstić information content (AvgIpc) is 3.52. The van der Waals surface area contributed by atoms with Crippen LogP contribution in [0, 0.1) is 0 Å². The van der Waals surface area contributed by atoms with Gasteiger partial charge in [0.05, 0.1) is 13.2 Å². The van der Waals surface area contributed by atoms with Crippen LogP contribution in [0.1, 0.15) is 24.4 Å². The number of aromatic nitrogens is 1. The zero-order valence-corrected chi connectivity index (χ0v) is 18.3. The lowest BCUT2D eigenvalue weighted by Gasteiger charge is -2.02. The number of fused-ring (bicyclic) bond motifs is 2. The van der Waals surface area contributed by atoms with Crippen LogP contribution >= 0.6 is 11.3 Å². The van der Waals surface area contributed by atoms with E-state index in [9.17, 15) is 4.79 Å². The van der Waals surface area contributed by atoms with Gasteiger partial charge >= 0.3 is 0 Å². The van der Waals surface area contributed by atoms with E-state index in [1.54, 1.807) is 6.07 Å². The van der Waals surface area contributed by atoms with Gasteiger partial charge in [-0.25, -0.2) is 4.98 Å². The molecule has 3 aromatic heterocycles. The second kappa shape index (κ2) is 8.39. The van der Waals surface area contributed by atoms with Gasteiger partial charge in [0.1, 0.15) is 5.69 Å². The van der Waals surface area contributed by atoms with E-state index in [2.05, 4.69) is 10.3 Å². The summed E-state index contributed by atoms with van der Waals surface area (Å²) < 4.78 is 23.0. The van der Waals surface area contributed by atoms with Gasteiger partial charge < -0.3 is 18.3 Å². The highest BCUT2D eigenvalue weighted by molar-refractivity contribution is 7.14. The number of amides is 1. The summed E-state index contributed by atoms with van der Waals surface area (Å²) in [6.07, 6.45) is 0. The number of carbonyl (C=O) groups is 1. The standard InChI is InChI=1S/C24H20N2O5S/c1-3-28-17-9-5-7-14-11-19(30-21(14)17)16-13-32-24(25-16)26-23(27)20-12-15-8-6-10-18(29-4-2)22(15)31-20/h5-13H,3-4H2,1-2H3,(H,25,26,27). The quantitative estimate of drug-likeness (QED) is 0.312. The molecular formula is C24H20N2O5S. The third-order valence-electron chi connectivity index (χ3n) is 4.82. The molecule has 3 heterocycles. The van der Waals surface area contributed by atoms with Gasteiger partial charge in [-0.1, -0.05) is 24.3 Å². The van der Waals surface area contributed by atoms with Crippen LogP contribution in [-0.2, 0) is 0 Å². The van der Waals surface area contributed by atoms with Crippen LogP contribution in [0.2, 0.25) is 0 Å². The van der Waals surface area contributed by atoms with E-state index in [4.69, 9.17) is 18.3 Å². The highest BCUT2D eigenvalue weighted by Gasteiger charge is 2.18. The van der Waals surface area contributed by atoms with E-state index in [0.29, 0.717) is 52.5 Å². The lowest BCUT2D eigenvalue weighted by Crippen LogP contribution is -2.10. The van der Waals surface area contributed by atoms with Crippen molar-refractivity contribution >= 4 is 44.3 Å². The van der Waals surface area contributed by atoms with Crippen molar-refractivity contribution < 1.29 is 23.1 Å². The van der Waals surface area contributed by atoms with E-state index in [1.807, 2.05) is 61.7 Å². The monoisotopic (exact) mass is 448 g/mol. The molecule has 0 saturated heterocycles. The van der Waals surface area contributed by atoms with Gasteiger partial charge in [0.15, 0.2) is 39.3 Å². The minimum absolute atomic E-state index is 0.189. The van der Waals surface area contributed by atoms with Gasteiger partial charge in [0.25, 0.3) is 5.91 Å². The summed E-state index contributed by atoms with van der Waals surface area (Å²) in [6, 6.07) is 14.9. The molecule has 0 radical (unpaired) electrons. The maximum atomic E-state index is 12.7. The second-order valence-electron chi connectivity index (χ2n) is 6.93. The molecule has 0 spiro atoms. The molecule has 1 amide bonds. The van der Waals surface area contributed by atoms with Gasteiger partial charge in [-0.15, -0.1) is 11.3 Å². The van der Waals surface area contributed by atoms with Crippen molar-refractivity contribution in [1.82, 2.24) is 4.98 Å². The molecule has 0 bridgehead atoms. The Morgan fingerprint density at radius 3 is 2.31 bits per heavy atom. The predicted molar refractivity (Wildman–Crippen MR) is 124 cm³/mol. The van der Waals surface area contributed by atoms with E-state index >= 15 is 0 Å². The maximum Gasteiger partial charge on any atom is 0.293 e. The van der Waals surface area contributed by atoms with Crippen molar-refractivity contribution in [3.05, 3.63) is 59.7 Å². The van der Waals surface area contributed by atoms with Gasteiger partial charge in [0.2, 0.25) is 0 Å². The first-order valence-electron chi connectivity index (χ1n) is 10.2. The molecule has 7 nitrogen and oxygen atoms in total. The lowest BCUT2D eigenvalue weighted by atomic mass is 10.2. The maximum absolute atomic E-state index is 12.7. The number of benzene rings is 2. The first-order valence-corrected chi connectivity index (χ1v) is 11.1. The highest BCUT2D eigenvalue weighted by Crippen LogP contribution is 2.35. The Morgan fingerprint density at radius 1 is 0.969 bits per heavy atom. The Kier molecular flexibility index (Phi) is 5.28. The summed E-state index contributed by atoms with van der Waals surface area (Å²) in [5.41, 5.74) is 1.86. The fourth-order valence-electron chi connectivity index (χ4n) is 3.45. The number of thiazole rings is 1. The third kappa shape index (κ3) is 3.69. The molecule has 162 valence electrons. The van der Waals surface area contributed by atoms with Crippen LogP contribution in [0.4, 0.5) is 5.13 Å². The molecule has 32 heavy (non-hydrogen) atoms. The van der Waals surface area contributed by atoms with E-state index < -0.39 is 0 Å². The Hall–Kier alpha value is -3.78. The Morgan fingerprint density at radius 2 is 1.62 bits per heavy atom. The molecular weight excluding hydrogens is 428 g/mol. The summed E-state index contributed by atoms with van der Waals surface area (Å²) in [6.45, 7) is 4.89. The Balaban J connectivity index is 1.38. The number of rotatable bonds is 7. The van der Waals surface area contributed by atoms with Crippen molar-refractivity contribution in [2.24, 2.45) is 0 Å². The van der Waals surface area contributed by atoms with Crippen LogP contribution in [-0.4, -0.2) is 24.1 Å². The fourth-order valence-corrected chi connectivity index (χ4v) is 4.15. The van der Waals surface area contributed by atoms with Crippen molar-refractivity contribution in [3.8, 4) is 23.0 Å². The average molecular weight is 449 g/mol. The topological polar surface area (TPSA) is 86.7 Å². The van der Waals surface area contributed by atoms with Crippen molar-refractivity contribution in [2.75, 3.05) is 18.5 Å². The van der Waals surface area contributed by atoms with Gasteiger partial charge in [-0.05, 0) is 38.1 Å². The summed E-state index contributed by atoms with van der Waals surface area (Å²) in [5, 5.41) is 6.80. The fraction of sp³-hybridized carbons (Fsp3) is 0.167. The summed E-state index contributed by atoms with van der Waals surface area (Å²) in [4.78, 5) is 17.2. The molecule has 0 saturated carbocycles. The van der Waals surface area contributed by atoms with Crippen molar-refractivity contribution in [2.45, 2.75) is 13.8 Å². The molecule has 0 unspecified atom stereocenters. The normalized spacial score (nSPS) is 11.2. The predicted octanol–water partition coefficient (Wildman–Crippen LogP) is 6.35. The molecule has 5 aromatic rings. The molecule has 8 heteroatoms. The third-order valence-corrected chi connectivity index (χ3v) is 5.57. The number of hydrogen-bond donors (Lipinski definition) is 1. The van der Waals surface area contributed by atoms with Crippen LogP contribution in [0.15, 0.2) is 62.7 Å². The minimum Gasteiger partial charge on any atom is -0.490 e. The molecule has 0 atom stereocenters. The van der Waals surface area contributed by atoms with Crippen LogP contribution in [0.3, 0.4) is 0 Å². The highest BCUT2D eigenvalue weighted by atomic mass is 32.1. The SMILES string of the molecule is CCOc1cccc2cc(C(=O)Nc3nc(-c4cc5cccc(OCC)c5o4)cs3)oc12. The van der Waals surface area contributed by atoms with Crippen molar-refractivity contribution in [3.63, 3.8) is 0 Å². The van der Waals surface area contributed by atoms with Crippen molar-refractivity contribution in [1.29, 1.82) is 0 Å².